The summed E-state index contributed by atoms with van der Waals surface area (Å²) in [6.45, 7) is 6.81. The summed E-state index contributed by atoms with van der Waals surface area (Å²) in [7, 11) is -1.53. The Kier molecular flexibility index (Phi) is 6.05. The van der Waals surface area contributed by atoms with E-state index in [0.717, 1.165) is 10.4 Å². The van der Waals surface area contributed by atoms with Gasteiger partial charge in [0.25, 0.3) is 9.04 Å². The predicted octanol–water partition coefficient (Wildman–Crippen LogP) is 2.10. The molecule has 0 aliphatic carbocycles. The molecule has 10 heteroatoms. The number of ether oxygens (including phenoxy) is 2. The number of nitrogens with two attached hydrogens (primary N) is 2. The van der Waals surface area contributed by atoms with Crippen LogP contribution in [-0.2, 0) is 13.9 Å². The Hall–Kier alpha value is -3.31. The molecule has 1 saturated heterocycles. The quantitative estimate of drug-likeness (QED) is 0.395. The molecular formula is C25H29N6O3Si. The SMILES string of the molecule is CC(C)(C)[C@@]1(CO[Si](c2ccccc2)c2ccccc2)OCC(n2cnc3c(N)nc(N)nc32)O1. The molecule has 3 heterocycles. The summed E-state index contributed by atoms with van der Waals surface area (Å²) < 4.78 is 21.5. The predicted molar refractivity (Wildman–Crippen MR) is 136 cm³/mol. The molecule has 0 spiro atoms. The number of hydrogen-bond donors (Lipinski definition) is 2. The molecule has 0 bridgehead atoms. The number of benzene rings is 2. The number of anilines is 2. The number of fused-ring (bicyclic) bond motifs is 1. The van der Waals surface area contributed by atoms with Crippen LogP contribution in [0.2, 0.25) is 0 Å². The van der Waals surface area contributed by atoms with Gasteiger partial charge in [0, 0.05) is 5.41 Å². The van der Waals surface area contributed by atoms with Gasteiger partial charge < -0.3 is 25.4 Å². The van der Waals surface area contributed by atoms with Gasteiger partial charge in [0.1, 0.15) is 5.52 Å². The third-order valence-corrected chi connectivity index (χ3v) is 8.33. The Morgan fingerprint density at radius 3 is 2.26 bits per heavy atom. The third kappa shape index (κ3) is 4.41. The zero-order valence-corrected chi connectivity index (χ0v) is 21.0. The first-order valence-corrected chi connectivity index (χ1v) is 12.9. The molecular weight excluding hydrogens is 460 g/mol. The highest BCUT2D eigenvalue weighted by Crippen LogP contribution is 2.43. The maximum atomic E-state index is 6.68. The van der Waals surface area contributed by atoms with Gasteiger partial charge in [-0.25, -0.2) is 4.98 Å². The van der Waals surface area contributed by atoms with Gasteiger partial charge in [0.15, 0.2) is 23.5 Å². The first-order valence-electron chi connectivity index (χ1n) is 11.5. The zero-order valence-electron chi connectivity index (χ0n) is 20.0. The van der Waals surface area contributed by atoms with Crippen molar-refractivity contribution in [2.75, 3.05) is 24.7 Å². The fourth-order valence-corrected chi connectivity index (χ4v) is 6.15. The molecule has 1 fully saturated rings. The summed E-state index contributed by atoms with van der Waals surface area (Å²) in [5.41, 5.74) is 12.4. The number of nitrogen functional groups attached to an aromatic ring is 2. The second-order valence-corrected chi connectivity index (χ2v) is 11.6. The lowest BCUT2D eigenvalue weighted by molar-refractivity contribution is -0.252. The van der Waals surface area contributed by atoms with Crippen LogP contribution in [0.5, 0.6) is 0 Å². The average Bonchev–Trinajstić information content (AvgIpc) is 3.46. The van der Waals surface area contributed by atoms with Crippen LogP contribution in [0, 0.1) is 5.41 Å². The second-order valence-electron chi connectivity index (χ2n) is 9.53. The summed E-state index contributed by atoms with van der Waals surface area (Å²) in [6, 6.07) is 20.6. The Morgan fingerprint density at radius 1 is 1.03 bits per heavy atom. The molecule has 2 aromatic carbocycles. The molecule has 35 heavy (non-hydrogen) atoms. The first kappa shape index (κ1) is 23.4. The number of aromatic nitrogens is 4. The summed E-state index contributed by atoms with van der Waals surface area (Å²) in [5.74, 6) is -0.676. The van der Waals surface area contributed by atoms with E-state index in [0.29, 0.717) is 17.8 Å². The van der Waals surface area contributed by atoms with Crippen LogP contribution in [0.25, 0.3) is 11.2 Å². The Bertz CT molecular complexity index is 1270. The van der Waals surface area contributed by atoms with Crippen LogP contribution >= 0.6 is 0 Å². The van der Waals surface area contributed by atoms with Gasteiger partial charge in [-0.3, -0.25) is 4.57 Å². The maximum absolute atomic E-state index is 6.68. The molecule has 1 aliphatic heterocycles. The number of imidazole rings is 1. The van der Waals surface area contributed by atoms with Crippen molar-refractivity contribution in [3.8, 4) is 0 Å². The average molecular weight is 490 g/mol. The topological polar surface area (TPSA) is 123 Å². The van der Waals surface area contributed by atoms with Crippen molar-refractivity contribution in [2.24, 2.45) is 5.41 Å². The highest BCUT2D eigenvalue weighted by Gasteiger charge is 2.52. The van der Waals surface area contributed by atoms with Crippen LogP contribution in [0.1, 0.15) is 27.0 Å². The first-order chi connectivity index (χ1) is 16.8. The molecule has 1 radical (unpaired) electrons. The van der Waals surface area contributed by atoms with E-state index in [1.54, 1.807) is 10.9 Å². The van der Waals surface area contributed by atoms with Gasteiger partial charge >= 0.3 is 0 Å². The third-order valence-electron chi connectivity index (χ3n) is 6.18. The monoisotopic (exact) mass is 489 g/mol. The standard InChI is InChI=1S/C25H29N6O3Si/c1-24(2,3)25(15-33-35(17-10-6-4-7-11-17)18-12-8-5-9-13-18)32-14-19(34-25)31-16-28-20-21(26)29-23(27)30-22(20)31/h4-13,16,19H,14-15H2,1-3H3,(H4,26,27,29,30)/t19?,25-/m0/s1. The van der Waals surface area contributed by atoms with Gasteiger partial charge in [0.2, 0.25) is 5.95 Å². The molecule has 2 aromatic heterocycles. The highest BCUT2D eigenvalue weighted by atomic mass is 28.3. The normalized spacial score (nSPS) is 20.6. The molecule has 0 amide bonds. The molecule has 4 N–H and O–H groups in total. The van der Waals surface area contributed by atoms with E-state index < -0.39 is 21.1 Å². The van der Waals surface area contributed by atoms with Gasteiger partial charge in [-0.2, -0.15) is 9.97 Å². The molecule has 2 atom stereocenters. The van der Waals surface area contributed by atoms with Crippen molar-refractivity contribution in [1.82, 2.24) is 19.5 Å². The minimum atomic E-state index is -1.53. The molecule has 5 rings (SSSR count). The van der Waals surface area contributed by atoms with E-state index in [1.807, 2.05) is 36.4 Å². The lowest BCUT2D eigenvalue weighted by Gasteiger charge is -2.40. The maximum Gasteiger partial charge on any atom is 0.283 e. The lowest BCUT2D eigenvalue weighted by Crippen LogP contribution is -2.53. The van der Waals surface area contributed by atoms with E-state index in [1.165, 1.54) is 0 Å². The smallest absolute Gasteiger partial charge is 0.283 e. The van der Waals surface area contributed by atoms with E-state index in [2.05, 4.69) is 60.0 Å². The second kappa shape index (κ2) is 9.04. The summed E-state index contributed by atoms with van der Waals surface area (Å²) in [6.07, 6.45) is 1.16. The molecule has 181 valence electrons. The van der Waals surface area contributed by atoms with Gasteiger partial charge in [-0.05, 0) is 10.4 Å². The van der Waals surface area contributed by atoms with Crippen molar-refractivity contribution in [3.05, 3.63) is 67.0 Å². The Balaban J connectivity index is 1.44. The van der Waals surface area contributed by atoms with E-state index >= 15 is 0 Å². The molecule has 1 aliphatic rings. The highest BCUT2D eigenvalue weighted by molar-refractivity contribution is 6.80. The van der Waals surface area contributed by atoms with Gasteiger partial charge in [0.05, 0.1) is 19.5 Å². The van der Waals surface area contributed by atoms with Crippen LogP contribution in [0.4, 0.5) is 11.8 Å². The number of nitrogens with zero attached hydrogens (tertiary/aromatic N) is 4. The molecule has 0 saturated carbocycles. The van der Waals surface area contributed by atoms with Crippen LogP contribution in [-0.4, -0.2) is 47.6 Å². The summed E-state index contributed by atoms with van der Waals surface area (Å²) >= 11 is 0. The van der Waals surface area contributed by atoms with E-state index in [9.17, 15) is 0 Å². The van der Waals surface area contributed by atoms with Crippen LogP contribution < -0.4 is 21.8 Å². The lowest BCUT2D eigenvalue weighted by atomic mass is 9.86. The van der Waals surface area contributed by atoms with Crippen LogP contribution in [0.3, 0.4) is 0 Å². The van der Waals surface area contributed by atoms with Crippen LogP contribution in [0.15, 0.2) is 67.0 Å². The molecule has 4 aromatic rings. The van der Waals surface area contributed by atoms with Crippen molar-refractivity contribution in [3.63, 3.8) is 0 Å². The molecule has 9 nitrogen and oxygen atoms in total. The van der Waals surface area contributed by atoms with Gasteiger partial charge in [-0.1, -0.05) is 81.4 Å². The van der Waals surface area contributed by atoms with E-state index in [4.69, 9.17) is 25.4 Å². The van der Waals surface area contributed by atoms with Crippen molar-refractivity contribution >= 4 is 42.3 Å². The fourth-order valence-electron chi connectivity index (χ4n) is 4.16. The molecule has 1 unspecified atom stereocenters. The fraction of sp³-hybridized carbons (Fsp3) is 0.320. The summed E-state index contributed by atoms with van der Waals surface area (Å²) in [4.78, 5) is 12.7. The van der Waals surface area contributed by atoms with E-state index in [-0.39, 0.29) is 23.8 Å². The minimum absolute atomic E-state index is 0.0825. The Labute approximate surface area is 205 Å². The van der Waals surface area contributed by atoms with Gasteiger partial charge in [-0.15, -0.1) is 0 Å². The summed E-state index contributed by atoms with van der Waals surface area (Å²) in [5, 5.41) is 2.32. The van der Waals surface area contributed by atoms with Crippen molar-refractivity contribution in [2.45, 2.75) is 32.8 Å². The van der Waals surface area contributed by atoms with Crippen molar-refractivity contribution in [1.29, 1.82) is 0 Å². The number of hydrogen-bond acceptors (Lipinski definition) is 8. The number of rotatable bonds is 6. The minimum Gasteiger partial charge on any atom is -0.402 e. The Morgan fingerprint density at radius 2 is 1.66 bits per heavy atom. The largest absolute Gasteiger partial charge is 0.402 e. The van der Waals surface area contributed by atoms with Crippen molar-refractivity contribution < 1.29 is 13.9 Å². The zero-order chi connectivity index (χ0) is 24.6.